The number of hydrogen-bond acceptors (Lipinski definition) is 2. The zero-order valence-corrected chi connectivity index (χ0v) is 7.91. The van der Waals surface area contributed by atoms with Crippen molar-refractivity contribution in [3.63, 3.8) is 0 Å². The highest BCUT2D eigenvalue weighted by Gasteiger charge is 2.05. The van der Waals surface area contributed by atoms with Crippen molar-refractivity contribution in [3.8, 4) is 0 Å². The fourth-order valence-electron chi connectivity index (χ4n) is 0.773. The van der Waals surface area contributed by atoms with Gasteiger partial charge in [0.2, 0.25) is 0 Å². The molecule has 0 saturated heterocycles. The molecule has 1 rings (SSSR count). The molecule has 1 N–H and O–H groups in total. The van der Waals surface area contributed by atoms with Crippen LogP contribution in [-0.4, -0.2) is 17.5 Å². The van der Waals surface area contributed by atoms with Crippen LogP contribution >= 0.6 is 22.6 Å². The summed E-state index contributed by atoms with van der Waals surface area (Å²) in [6, 6.07) is 7.19. The molecule has 0 aliphatic rings. The minimum absolute atomic E-state index is 0.227. The lowest BCUT2D eigenvalue weighted by Gasteiger charge is -1.98. The zero-order chi connectivity index (χ0) is 8.27. The molecule has 0 aliphatic carbocycles. The molecule has 0 aliphatic heterocycles. The van der Waals surface area contributed by atoms with Crippen molar-refractivity contribution in [3.05, 3.63) is 33.4 Å². The fourth-order valence-corrected chi connectivity index (χ4v) is 1.46. The van der Waals surface area contributed by atoms with Crippen molar-refractivity contribution < 1.29 is 9.90 Å². The number of halogens is 1. The third kappa shape index (κ3) is 2.00. The maximum Gasteiger partial charge on any atom is 0.189 e. The third-order valence-corrected chi connectivity index (χ3v) is 2.26. The molecule has 0 saturated carbocycles. The highest BCUT2D eigenvalue weighted by atomic mass is 127. The lowest BCUT2D eigenvalue weighted by Crippen LogP contribution is -2.05. The topological polar surface area (TPSA) is 37.3 Å². The predicted molar refractivity (Wildman–Crippen MR) is 50.6 cm³/mol. The Labute approximate surface area is 78.4 Å². The first-order valence-electron chi connectivity index (χ1n) is 3.14. The van der Waals surface area contributed by atoms with E-state index < -0.39 is 6.61 Å². The van der Waals surface area contributed by atoms with Gasteiger partial charge in [0.25, 0.3) is 0 Å². The van der Waals surface area contributed by atoms with Crippen LogP contribution in [0.25, 0.3) is 0 Å². The molecule has 0 amide bonds. The van der Waals surface area contributed by atoms with E-state index in [9.17, 15) is 4.79 Å². The van der Waals surface area contributed by atoms with Crippen LogP contribution in [-0.2, 0) is 0 Å². The maximum atomic E-state index is 11.0. The first-order chi connectivity index (χ1) is 5.25. The molecule has 0 aromatic heterocycles. The molecule has 0 atom stereocenters. The molecule has 3 heteroatoms. The van der Waals surface area contributed by atoms with Crippen LogP contribution in [0.3, 0.4) is 0 Å². The van der Waals surface area contributed by atoms with E-state index in [1.165, 1.54) is 0 Å². The van der Waals surface area contributed by atoms with Crippen LogP contribution in [0.5, 0.6) is 0 Å². The van der Waals surface area contributed by atoms with Gasteiger partial charge in [-0.05, 0) is 28.7 Å². The largest absolute Gasteiger partial charge is 0.388 e. The summed E-state index contributed by atoms with van der Waals surface area (Å²) in [5.74, 6) is -0.227. The Morgan fingerprint density at radius 1 is 1.45 bits per heavy atom. The minimum Gasteiger partial charge on any atom is -0.388 e. The number of carbonyl (C=O) groups excluding carboxylic acids is 1. The van der Waals surface area contributed by atoms with Gasteiger partial charge in [-0.25, -0.2) is 0 Å². The van der Waals surface area contributed by atoms with Gasteiger partial charge in [0.05, 0.1) is 0 Å². The van der Waals surface area contributed by atoms with Gasteiger partial charge < -0.3 is 5.11 Å². The summed E-state index contributed by atoms with van der Waals surface area (Å²) in [7, 11) is 0. The van der Waals surface area contributed by atoms with E-state index >= 15 is 0 Å². The summed E-state index contributed by atoms with van der Waals surface area (Å²) in [5.41, 5.74) is 0.593. The first kappa shape index (κ1) is 8.67. The summed E-state index contributed by atoms with van der Waals surface area (Å²) in [4.78, 5) is 11.0. The predicted octanol–water partition coefficient (Wildman–Crippen LogP) is 1.47. The van der Waals surface area contributed by atoms with Crippen molar-refractivity contribution in [2.75, 3.05) is 6.61 Å². The Bertz CT molecular complexity index is 271. The number of aliphatic hydroxyl groups excluding tert-OH is 1. The fraction of sp³-hybridized carbons (Fsp3) is 0.125. The van der Waals surface area contributed by atoms with Crippen LogP contribution in [0.15, 0.2) is 24.3 Å². The Kier molecular flexibility index (Phi) is 3.02. The number of ketones is 1. The lowest BCUT2D eigenvalue weighted by atomic mass is 10.1. The Morgan fingerprint density at radius 3 is 2.64 bits per heavy atom. The lowest BCUT2D eigenvalue weighted by molar-refractivity contribution is 0.0903. The van der Waals surface area contributed by atoms with Gasteiger partial charge in [-0.15, -0.1) is 0 Å². The van der Waals surface area contributed by atoms with Gasteiger partial charge >= 0.3 is 0 Å². The van der Waals surface area contributed by atoms with Crippen molar-refractivity contribution in [2.24, 2.45) is 0 Å². The molecule has 11 heavy (non-hydrogen) atoms. The van der Waals surface area contributed by atoms with E-state index in [-0.39, 0.29) is 5.78 Å². The molecule has 0 fully saturated rings. The molecule has 0 radical (unpaired) electrons. The molecule has 1 aromatic rings. The van der Waals surface area contributed by atoms with Gasteiger partial charge in [-0.3, -0.25) is 4.79 Å². The molecular formula is C8H7IO2. The van der Waals surface area contributed by atoms with E-state index in [1.807, 2.05) is 12.1 Å². The summed E-state index contributed by atoms with van der Waals surface area (Å²) < 4.78 is 0.879. The van der Waals surface area contributed by atoms with Gasteiger partial charge in [-0.2, -0.15) is 0 Å². The van der Waals surface area contributed by atoms with E-state index in [2.05, 4.69) is 22.6 Å². The quantitative estimate of drug-likeness (QED) is 0.647. The zero-order valence-electron chi connectivity index (χ0n) is 5.75. The highest BCUT2D eigenvalue weighted by Crippen LogP contribution is 2.11. The molecular weight excluding hydrogens is 255 g/mol. The van der Waals surface area contributed by atoms with Crippen molar-refractivity contribution >= 4 is 28.4 Å². The van der Waals surface area contributed by atoms with Crippen LogP contribution < -0.4 is 0 Å². The van der Waals surface area contributed by atoms with E-state index in [0.717, 1.165) is 3.57 Å². The molecule has 0 heterocycles. The molecule has 0 unspecified atom stereocenters. The van der Waals surface area contributed by atoms with Gasteiger partial charge in [-0.1, -0.05) is 18.2 Å². The SMILES string of the molecule is O=C(CO)c1ccccc1I. The molecule has 58 valence electrons. The molecule has 2 nitrogen and oxygen atoms in total. The summed E-state index contributed by atoms with van der Waals surface area (Å²) >= 11 is 2.07. The number of Topliss-reactive ketones (excluding diaryl/α,β-unsaturated/α-hetero) is 1. The van der Waals surface area contributed by atoms with Gasteiger partial charge in [0, 0.05) is 9.13 Å². The smallest absolute Gasteiger partial charge is 0.189 e. The average molecular weight is 262 g/mol. The summed E-state index contributed by atoms with van der Waals surface area (Å²) in [6.07, 6.45) is 0. The van der Waals surface area contributed by atoms with Crippen LogP contribution in [0, 0.1) is 3.57 Å². The maximum absolute atomic E-state index is 11.0. The number of hydrogen-bond donors (Lipinski definition) is 1. The number of rotatable bonds is 2. The summed E-state index contributed by atoms with van der Waals surface area (Å²) in [5, 5.41) is 8.56. The second-order valence-electron chi connectivity index (χ2n) is 2.06. The van der Waals surface area contributed by atoms with Crippen LogP contribution in [0.2, 0.25) is 0 Å². The van der Waals surface area contributed by atoms with E-state index in [0.29, 0.717) is 5.56 Å². The van der Waals surface area contributed by atoms with Gasteiger partial charge in [0.1, 0.15) is 6.61 Å². The number of benzene rings is 1. The van der Waals surface area contributed by atoms with E-state index in [1.54, 1.807) is 12.1 Å². The average Bonchev–Trinajstić information content (AvgIpc) is 2.04. The Hall–Kier alpha value is -0.420. The summed E-state index contributed by atoms with van der Waals surface area (Å²) in [6.45, 7) is -0.417. The molecule has 0 spiro atoms. The number of carbonyl (C=O) groups is 1. The molecule has 1 aromatic carbocycles. The minimum atomic E-state index is -0.417. The highest BCUT2D eigenvalue weighted by molar-refractivity contribution is 14.1. The first-order valence-corrected chi connectivity index (χ1v) is 4.22. The Balaban J connectivity index is 3.03. The van der Waals surface area contributed by atoms with Gasteiger partial charge in [0.15, 0.2) is 5.78 Å². The monoisotopic (exact) mass is 262 g/mol. The number of aliphatic hydroxyl groups is 1. The van der Waals surface area contributed by atoms with Crippen molar-refractivity contribution in [2.45, 2.75) is 0 Å². The standard InChI is InChI=1S/C8H7IO2/c9-7-4-2-1-3-6(7)8(11)5-10/h1-4,10H,5H2. The second-order valence-corrected chi connectivity index (χ2v) is 3.22. The van der Waals surface area contributed by atoms with E-state index in [4.69, 9.17) is 5.11 Å². The second kappa shape index (κ2) is 3.82. The van der Waals surface area contributed by atoms with Crippen molar-refractivity contribution in [1.29, 1.82) is 0 Å². The van der Waals surface area contributed by atoms with Crippen molar-refractivity contribution in [1.82, 2.24) is 0 Å². The normalized spacial score (nSPS) is 9.64. The third-order valence-electron chi connectivity index (χ3n) is 1.32. The van der Waals surface area contributed by atoms with Crippen LogP contribution in [0.1, 0.15) is 10.4 Å². The molecule has 0 bridgehead atoms. The Morgan fingerprint density at radius 2 is 2.09 bits per heavy atom. The van der Waals surface area contributed by atoms with Crippen LogP contribution in [0.4, 0.5) is 0 Å².